The van der Waals surface area contributed by atoms with E-state index in [1.165, 1.54) is 6.92 Å². The predicted molar refractivity (Wildman–Crippen MR) is 61.0 cm³/mol. The molecule has 0 heterocycles. The predicted octanol–water partition coefficient (Wildman–Crippen LogP) is 4.40. The van der Waals surface area contributed by atoms with Crippen LogP contribution in [0, 0.1) is 5.82 Å². The molecule has 1 unspecified atom stereocenters. The van der Waals surface area contributed by atoms with E-state index in [2.05, 4.69) is 15.9 Å². The first-order valence-corrected chi connectivity index (χ1v) is 6.18. The molecule has 7 heteroatoms. The Morgan fingerprint density at radius 1 is 1.41 bits per heavy atom. The minimum atomic E-state index is -4.56. The summed E-state index contributed by atoms with van der Waals surface area (Å²) in [6, 6.07) is 3.17. The Hall–Kier alpha value is -0.560. The van der Waals surface area contributed by atoms with E-state index in [0.717, 1.165) is 18.2 Å². The van der Waals surface area contributed by atoms with Gasteiger partial charge in [0.05, 0.1) is 10.4 Å². The molecule has 17 heavy (non-hydrogen) atoms. The van der Waals surface area contributed by atoms with Gasteiger partial charge in [-0.2, -0.15) is 13.2 Å². The lowest BCUT2D eigenvalue weighted by atomic mass is 10.1. The normalized spacial score (nSPS) is 13.5. The molecule has 0 bridgehead atoms. The summed E-state index contributed by atoms with van der Waals surface area (Å²) >= 11 is 2.42. The van der Waals surface area contributed by atoms with Gasteiger partial charge < -0.3 is 0 Å². The number of thioether (sulfide) groups is 1. The number of benzene rings is 1. The molecule has 0 N–H and O–H groups in total. The second kappa shape index (κ2) is 5.39. The number of ketones is 1. The fourth-order valence-corrected chi connectivity index (χ4v) is 2.08. The number of rotatable bonds is 3. The molecule has 1 nitrogen and oxygen atoms in total. The zero-order valence-electron chi connectivity index (χ0n) is 8.52. The number of halogens is 5. The van der Waals surface area contributed by atoms with E-state index in [9.17, 15) is 22.4 Å². The molecule has 0 spiro atoms. The van der Waals surface area contributed by atoms with Crippen molar-refractivity contribution in [1.29, 1.82) is 0 Å². The van der Waals surface area contributed by atoms with Crippen LogP contribution in [0.3, 0.4) is 0 Å². The Kier molecular flexibility index (Phi) is 4.60. The molecule has 1 atom stereocenters. The molecule has 0 aliphatic carbocycles. The van der Waals surface area contributed by atoms with Gasteiger partial charge >= 0.3 is 5.51 Å². The molecule has 0 aliphatic heterocycles. The van der Waals surface area contributed by atoms with Gasteiger partial charge in [0.25, 0.3) is 0 Å². The maximum Gasteiger partial charge on any atom is 0.446 e. The van der Waals surface area contributed by atoms with Crippen LogP contribution in [0.5, 0.6) is 0 Å². The number of alkyl halides is 4. The lowest BCUT2D eigenvalue weighted by Crippen LogP contribution is -2.14. The van der Waals surface area contributed by atoms with Crippen LogP contribution in [0.1, 0.15) is 17.3 Å². The first-order valence-electron chi connectivity index (χ1n) is 4.45. The summed E-state index contributed by atoms with van der Waals surface area (Å²) in [5.74, 6) is -1.66. The van der Waals surface area contributed by atoms with Crippen molar-refractivity contribution in [1.82, 2.24) is 0 Å². The van der Waals surface area contributed by atoms with Crippen LogP contribution in [-0.4, -0.2) is 16.1 Å². The van der Waals surface area contributed by atoms with Crippen molar-refractivity contribution >= 4 is 33.5 Å². The van der Waals surface area contributed by atoms with Gasteiger partial charge in [0.2, 0.25) is 0 Å². The maximum absolute atomic E-state index is 13.4. The van der Waals surface area contributed by atoms with Gasteiger partial charge in [0.1, 0.15) is 5.82 Å². The lowest BCUT2D eigenvalue weighted by molar-refractivity contribution is -0.0328. The van der Waals surface area contributed by atoms with Crippen molar-refractivity contribution in [3.63, 3.8) is 0 Å². The highest BCUT2D eigenvalue weighted by Gasteiger charge is 2.32. The zero-order valence-corrected chi connectivity index (χ0v) is 10.9. The van der Waals surface area contributed by atoms with Crippen LogP contribution >= 0.6 is 27.7 Å². The van der Waals surface area contributed by atoms with Crippen LogP contribution in [0.2, 0.25) is 0 Å². The van der Waals surface area contributed by atoms with E-state index in [4.69, 9.17) is 0 Å². The highest BCUT2D eigenvalue weighted by molar-refractivity contribution is 9.10. The summed E-state index contributed by atoms with van der Waals surface area (Å²) in [6.45, 7) is 1.43. The molecule has 0 aromatic heterocycles. The first-order chi connectivity index (χ1) is 7.72. The molecule has 1 aromatic rings. The van der Waals surface area contributed by atoms with Crippen molar-refractivity contribution in [2.24, 2.45) is 0 Å². The topological polar surface area (TPSA) is 17.1 Å². The van der Waals surface area contributed by atoms with Gasteiger partial charge in [-0.05, 0) is 30.8 Å². The molecule has 0 aliphatic rings. The van der Waals surface area contributed by atoms with E-state index in [1.807, 2.05) is 0 Å². The Labute approximate surface area is 108 Å². The fraction of sp³-hybridized carbons (Fsp3) is 0.300. The Balaban J connectivity index is 3.22. The summed E-state index contributed by atoms with van der Waals surface area (Å²) < 4.78 is 50.1. The highest BCUT2D eigenvalue weighted by atomic mass is 79.9. The quantitative estimate of drug-likeness (QED) is 0.353. The number of Topliss-reactive ketones (excluding diaryl/α,β-unsaturated/α-hetero) is 1. The largest absolute Gasteiger partial charge is 0.446 e. The molecule has 0 radical (unpaired) electrons. The smallest absolute Gasteiger partial charge is 0.293 e. The van der Waals surface area contributed by atoms with Crippen molar-refractivity contribution in [2.45, 2.75) is 22.2 Å². The standard InChI is InChI=1S/C10H7BrF4OS/c1-5(11)9(16)8-6(12)3-2-4-7(8)17-10(13,14)15/h2-5H,1H3. The van der Waals surface area contributed by atoms with Gasteiger partial charge in [0.15, 0.2) is 5.78 Å². The second-order valence-corrected chi connectivity index (χ2v) is 5.62. The number of carbonyl (C=O) groups is 1. The van der Waals surface area contributed by atoms with Crippen LogP contribution in [0.15, 0.2) is 23.1 Å². The Bertz CT molecular complexity index is 431. The van der Waals surface area contributed by atoms with Gasteiger partial charge in [0, 0.05) is 4.90 Å². The molecule has 1 aromatic carbocycles. The summed E-state index contributed by atoms with van der Waals surface area (Å²) in [7, 11) is 0. The summed E-state index contributed by atoms with van der Waals surface area (Å²) in [5, 5.41) is 0. The average Bonchev–Trinajstić information content (AvgIpc) is 2.14. The zero-order chi connectivity index (χ0) is 13.2. The van der Waals surface area contributed by atoms with E-state index < -0.39 is 44.2 Å². The molecular formula is C10H7BrF4OS. The molecule has 0 saturated carbocycles. The summed E-state index contributed by atoms with van der Waals surface area (Å²) in [6.07, 6.45) is 0. The minimum absolute atomic E-state index is 0.422. The third kappa shape index (κ3) is 3.99. The molecular weight excluding hydrogens is 324 g/mol. The van der Waals surface area contributed by atoms with E-state index >= 15 is 0 Å². The summed E-state index contributed by atoms with van der Waals surface area (Å²) in [4.78, 5) is 10.4. The number of carbonyl (C=O) groups excluding carboxylic acids is 1. The van der Waals surface area contributed by atoms with Crippen LogP contribution in [0.4, 0.5) is 17.6 Å². The number of hydrogen-bond donors (Lipinski definition) is 0. The van der Waals surface area contributed by atoms with Crippen molar-refractivity contribution in [3.8, 4) is 0 Å². The Morgan fingerprint density at radius 2 is 2.00 bits per heavy atom. The van der Waals surface area contributed by atoms with Gasteiger partial charge in [-0.25, -0.2) is 4.39 Å². The van der Waals surface area contributed by atoms with Gasteiger partial charge in [-0.3, -0.25) is 4.79 Å². The van der Waals surface area contributed by atoms with Crippen LogP contribution < -0.4 is 0 Å². The van der Waals surface area contributed by atoms with E-state index in [1.54, 1.807) is 0 Å². The lowest BCUT2D eigenvalue weighted by Gasteiger charge is -2.12. The summed E-state index contributed by atoms with van der Waals surface area (Å²) in [5.41, 5.74) is -5.09. The van der Waals surface area contributed by atoms with Crippen molar-refractivity contribution < 1.29 is 22.4 Å². The van der Waals surface area contributed by atoms with E-state index in [0.29, 0.717) is 0 Å². The maximum atomic E-state index is 13.4. The minimum Gasteiger partial charge on any atom is -0.293 e. The van der Waals surface area contributed by atoms with E-state index in [-0.39, 0.29) is 0 Å². The molecule has 0 amide bonds. The molecule has 0 fully saturated rings. The first kappa shape index (κ1) is 14.5. The second-order valence-electron chi connectivity index (χ2n) is 3.14. The SMILES string of the molecule is CC(Br)C(=O)c1c(F)cccc1SC(F)(F)F. The van der Waals surface area contributed by atoms with Gasteiger partial charge in [-0.1, -0.05) is 22.0 Å². The molecule has 0 saturated heterocycles. The average molecular weight is 331 g/mol. The van der Waals surface area contributed by atoms with Crippen molar-refractivity contribution in [3.05, 3.63) is 29.6 Å². The third-order valence-corrected chi connectivity index (χ3v) is 3.02. The highest BCUT2D eigenvalue weighted by Crippen LogP contribution is 2.39. The van der Waals surface area contributed by atoms with Crippen LogP contribution in [-0.2, 0) is 0 Å². The molecule has 1 rings (SSSR count). The van der Waals surface area contributed by atoms with Crippen LogP contribution in [0.25, 0.3) is 0 Å². The van der Waals surface area contributed by atoms with Crippen molar-refractivity contribution in [2.75, 3.05) is 0 Å². The Morgan fingerprint density at radius 3 is 2.47 bits per heavy atom. The molecule has 94 valence electrons. The fourth-order valence-electron chi connectivity index (χ4n) is 1.15. The van der Waals surface area contributed by atoms with Gasteiger partial charge in [-0.15, -0.1) is 0 Å². The number of hydrogen-bond acceptors (Lipinski definition) is 2. The third-order valence-electron chi connectivity index (χ3n) is 1.81. The monoisotopic (exact) mass is 330 g/mol.